The van der Waals surface area contributed by atoms with E-state index in [4.69, 9.17) is 4.74 Å². The zero-order chi connectivity index (χ0) is 11.1. The lowest BCUT2D eigenvalue weighted by molar-refractivity contribution is 0.194. The van der Waals surface area contributed by atoms with Crippen LogP contribution >= 0.6 is 11.3 Å². The third-order valence-corrected chi connectivity index (χ3v) is 3.28. The van der Waals surface area contributed by atoms with Gasteiger partial charge in [-0.25, -0.2) is 0 Å². The molecule has 1 rings (SSSR count). The van der Waals surface area contributed by atoms with Gasteiger partial charge in [0.25, 0.3) is 0 Å². The molecule has 1 N–H and O–H groups in total. The predicted octanol–water partition coefficient (Wildman–Crippen LogP) is 3.07. The number of rotatable bonds is 7. The van der Waals surface area contributed by atoms with Crippen LogP contribution in [0.2, 0.25) is 0 Å². The summed E-state index contributed by atoms with van der Waals surface area (Å²) < 4.78 is 5.06. The Labute approximate surface area is 96.7 Å². The van der Waals surface area contributed by atoms with Crippen LogP contribution in [0.4, 0.5) is 0 Å². The van der Waals surface area contributed by atoms with Gasteiger partial charge in [-0.1, -0.05) is 19.9 Å². The van der Waals surface area contributed by atoms with Crippen LogP contribution in [-0.4, -0.2) is 20.3 Å². The zero-order valence-corrected chi connectivity index (χ0v) is 10.6. The summed E-state index contributed by atoms with van der Waals surface area (Å²) in [4.78, 5) is 1.43. The minimum absolute atomic E-state index is 0.486. The molecular weight excluding hydrogens is 206 g/mol. The topological polar surface area (TPSA) is 21.3 Å². The van der Waals surface area contributed by atoms with Gasteiger partial charge >= 0.3 is 0 Å². The van der Waals surface area contributed by atoms with Crippen LogP contribution < -0.4 is 5.32 Å². The third kappa shape index (κ3) is 4.78. The van der Waals surface area contributed by atoms with Gasteiger partial charge in [-0.3, -0.25) is 0 Å². The average molecular weight is 227 g/mol. The molecule has 0 bridgehead atoms. The van der Waals surface area contributed by atoms with Crippen molar-refractivity contribution in [3.63, 3.8) is 0 Å². The van der Waals surface area contributed by atoms with Crippen LogP contribution in [0.3, 0.4) is 0 Å². The maximum atomic E-state index is 5.06. The molecule has 1 unspecified atom stereocenters. The molecule has 0 aliphatic heterocycles. The first-order valence-electron chi connectivity index (χ1n) is 5.49. The van der Waals surface area contributed by atoms with E-state index in [0.717, 1.165) is 13.2 Å². The molecule has 0 aliphatic carbocycles. The predicted molar refractivity (Wildman–Crippen MR) is 66.4 cm³/mol. The highest BCUT2D eigenvalue weighted by atomic mass is 32.1. The summed E-state index contributed by atoms with van der Waals surface area (Å²) in [6.07, 6.45) is 1.18. The van der Waals surface area contributed by atoms with E-state index < -0.39 is 0 Å². The average Bonchev–Trinajstić information content (AvgIpc) is 2.68. The quantitative estimate of drug-likeness (QED) is 0.723. The molecule has 3 heteroatoms. The van der Waals surface area contributed by atoms with Crippen molar-refractivity contribution in [3.05, 3.63) is 22.4 Å². The van der Waals surface area contributed by atoms with Gasteiger partial charge in [0, 0.05) is 24.6 Å². The summed E-state index contributed by atoms with van der Waals surface area (Å²) in [5.41, 5.74) is 0. The van der Waals surface area contributed by atoms with Crippen LogP contribution in [0.5, 0.6) is 0 Å². The molecule has 0 saturated carbocycles. The molecule has 0 radical (unpaired) electrons. The van der Waals surface area contributed by atoms with Crippen LogP contribution in [0.15, 0.2) is 17.5 Å². The van der Waals surface area contributed by atoms with E-state index in [9.17, 15) is 0 Å². The van der Waals surface area contributed by atoms with E-state index in [1.807, 2.05) is 11.3 Å². The molecule has 15 heavy (non-hydrogen) atoms. The molecule has 0 spiro atoms. The van der Waals surface area contributed by atoms with Gasteiger partial charge in [0.1, 0.15) is 0 Å². The standard InChI is InChI=1S/C12H21NOS/c1-10(2)9-11(13-6-7-14-3)12-5-4-8-15-12/h4-5,8,10-11,13H,6-7,9H2,1-3H3. The van der Waals surface area contributed by atoms with Crippen LogP contribution in [0, 0.1) is 5.92 Å². The van der Waals surface area contributed by atoms with Crippen LogP contribution in [-0.2, 0) is 4.74 Å². The molecule has 0 aliphatic rings. The summed E-state index contributed by atoms with van der Waals surface area (Å²) in [6.45, 7) is 6.23. The van der Waals surface area contributed by atoms with Gasteiger partial charge in [-0.15, -0.1) is 11.3 Å². The largest absolute Gasteiger partial charge is 0.383 e. The van der Waals surface area contributed by atoms with Crippen molar-refractivity contribution in [2.45, 2.75) is 26.3 Å². The minimum Gasteiger partial charge on any atom is -0.383 e. The third-order valence-electron chi connectivity index (χ3n) is 2.29. The lowest BCUT2D eigenvalue weighted by Crippen LogP contribution is -2.25. The number of hydrogen-bond acceptors (Lipinski definition) is 3. The first kappa shape index (κ1) is 12.7. The fourth-order valence-corrected chi connectivity index (χ4v) is 2.41. The Morgan fingerprint density at radius 1 is 1.47 bits per heavy atom. The van der Waals surface area contributed by atoms with Crippen LogP contribution in [0.25, 0.3) is 0 Å². The Morgan fingerprint density at radius 2 is 2.27 bits per heavy atom. The SMILES string of the molecule is COCCNC(CC(C)C)c1cccs1. The number of nitrogens with one attached hydrogen (secondary N) is 1. The first-order chi connectivity index (χ1) is 7.24. The van der Waals surface area contributed by atoms with Gasteiger partial charge in [0.2, 0.25) is 0 Å². The molecule has 0 amide bonds. The van der Waals surface area contributed by atoms with Crippen LogP contribution in [0.1, 0.15) is 31.2 Å². The van der Waals surface area contributed by atoms with Gasteiger partial charge in [-0.05, 0) is 23.8 Å². The maximum Gasteiger partial charge on any atom is 0.0587 e. The number of thiophene rings is 1. The summed E-state index contributed by atoms with van der Waals surface area (Å²) in [7, 11) is 1.74. The number of methoxy groups -OCH3 is 1. The monoisotopic (exact) mass is 227 g/mol. The molecular formula is C12H21NOS. The minimum atomic E-state index is 0.486. The summed E-state index contributed by atoms with van der Waals surface area (Å²) in [5.74, 6) is 0.715. The molecule has 1 atom stereocenters. The highest BCUT2D eigenvalue weighted by Gasteiger charge is 2.13. The van der Waals surface area contributed by atoms with E-state index in [1.165, 1.54) is 11.3 Å². The van der Waals surface area contributed by atoms with Gasteiger partial charge in [0.15, 0.2) is 0 Å². The van der Waals surface area contributed by atoms with Gasteiger partial charge < -0.3 is 10.1 Å². The van der Waals surface area contributed by atoms with E-state index in [2.05, 4.69) is 36.7 Å². The highest BCUT2D eigenvalue weighted by Crippen LogP contribution is 2.24. The molecule has 0 aromatic carbocycles. The Morgan fingerprint density at radius 3 is 2.80 bits per heavy atom. The maximum absolute atomic E-state index is 5.06. The summed E-state index contributed by atoms with van der Waals surface area (Å²) in [5, 5.41) is 5.68. The fraction of sp³-hybridized carbons (Fsp3) is 0.667. The molecule has 0 fully saturated rings. The van der Waals surface area contributed by atoms with Crippen molar-refractivity contribution in [2.75, 3.05) is 20.3 Å². The second kappa shape index (κ2) is 6.99. The number of ether oxygens (including phenoxy) is 1. The lowest BCUT2D eigenvalue weighted by atomic mass is 10.0. The van der Waals surface area contributed by atoms with Crippen molar-refractivity contribution in [3.8, 4) is 0 Å². The number of hydrogen-bond donors (Lipinski definition) is 1. The van der Waals surface area contributed by atoms with E-state index in [-0.39, 0.29) is 0 Å². The molecule has 86 valence electrons. The second-order valence-electron chi connectivity index (χ2n) is 4.14. The van der Waals surface area contributed by atoms with Crippen molar-refractivity contribution in [1.82, 2.24) is 5.32 Å². The van der Waals surface area contributed by atoms with E-state index in [1.54, 1.807) is 7.11 Å². The zero-order valence-electron chi connectivity index (χ0n) is 9.82. The first-order valence-corrected chi connectivity index (χ1v) is 6.37. The Bertz CT molecular complexity index is 246. The molecule has 0 saturated heterocycles. The summed E-state index contributed by atoms with van der Waals surface area (Å²) >= 11 is 1.83. The molecule has 1 aromatic rings. The Kier molecular flexibility index (Phi) is 5.91. The van der Waals surface area contributed by atoms with Gasteiger partial charge in [-0.2, -0.15) is 0 Å². The Hall–Kier alpha value is -0.380. The Balaban J connectivity index is 2.46. The lowest BCUT2D eigenvalue weighted by Gasteiger charge is -2.19. The van der Waals surface area contributed by atoms with Gasteiger partial charge in [0.05, 0.1) is 6.61 Å². The fourth-order valence-electron chi connectivity index (χ4n) is 1.60. The molecule has 1 aromatic heterocycles. The van der Waals surface area contributed by atoms with Crippen molar-refractivity contribution >= 4 is 11.3 Å². The summed E-state index contributed by atoms with van der Waals surface area (Å²) in [6, 6.07) is 4.81. The van der Waals surface area contributed by atoms with Crippen molar-refractivity contribution in [1.29, 1.82) is 0 Å². The van der Waals surface area contributed by atoms with E-state index >= 15 is 0 Å². The normalized spacial score (nSPS) is 13.3. The molecule has 2 nitrogen and oxygen atoms in total. The molecule has 1 heterocycles. The highest BCUT2D eigenvalue weighted by molar-refractivity contribution is 7.10. The van der Waals surface area contributed by atoms with E-state index in [0.29, 0.717) is 12.0 Å². The smallest absolute Gasteiger partial charge is 0.0587 e. The van der Waals surface area contributed by atoms with Crippen molar-refractivity contribution < 1.29 is 4.74 Å². The second-order valence-corrected chi connectivity index (χ2v) is 5.12. The van der Waals surface area contributed by atoms with Crippen molar-refractivity contribution in [2.24, 2.45) is 5.92 Å².